The molecular weight excluding hydrogens is 230 g/mol. The molecule has 18 heavy (non-hydrogen) atoms. The Kier molecular flexibility index (Phi) is 4.59. The van der Waals surface area contributed by atoms with Gasteiger partial charge in [-0.2, -0.15) is 0 Å². The topological polar surface area (TPSA) is 58.8 Å². The molecule has 0 spiro atoms. The molecule has 3 unspecified atom stereocenters. The fourth-order valence-electron chi connectivity index (χ4n) is 2.91. The van der Waals surface area contributed by atoms with E-state index < -0.39 is 0 Å². The van der Waals surface area contributed by atoms with Gasteiger partial charge in [-0.3, -0.25) is 9.69 Å². The van der Waals surface area contributed by atoms with E-state index in [1.54, 1.807) is 0 Å². The van der Waals surface area contributed by atoms with E-state index in [1.807, 2.05) is 18.7 Å². The number of carbonyl (C=O) groups is 1. The molecule has 1 amide bonds. The number of nitrogens with two attached hydrogens (primary N) is 1. The van der Waals surface area contributed by atoms with Gasteiger partial charge in [0.25, 0.3) is 0 Å². The number of rotatable bonds is 2. The van der Waals surface area contributed by atoms with Gasteiger partial charge in [-0.1, -0.05) is 0 Å². The Morgan fingerprint density at radius 1 is 1.28 bits per heavy atom. The van der Waals surface area contributed by atoms with Gasteiger partial charge in [0.2, 0.25) is 5.91 Å². The van der Waals surface area contributed by atoms with Crippen LogP contribution in [0.2, 0.25) is 0 Å². The lowest BCUT2D eigenvalue weighted by atomic mass is 10.1. The maximum atomic E-state index is 12.3. The van der Waals surface area contributed by atoms with Crippen molar-refractivity contribution < 1.29 is 9.53 Å². The summed E-state index contributed by atoms with van der Waals surface area (Å²) in [4.78, 5) is 16.4. The quantitative estimate of drug-likeness (QED) is 0.757. The summed E-state index contributed by atoms with van der Waals surface area (Å²) < 4.78 is 5.65. The molecule has 0 bridgehead atoms. The molecule has 2 saturated heterocycles. The number of nitrogens with zero attached hydrogens (tertiary/aromatic N) is 2. The van der Waals surface area contributed by atoms with E-state index in [0.29, 0.717) is 19.6 Å². The summed E-state index contributed by atoms with van der Waals surface area (Å²) in [7, 11) is 0. The predicted molar refractivity (Wildman–Crippen MR) is 70.2 cm³/mol. The van der Waals surface area contributed by atoms with Crippen LogP contribution in [0.3, 0.4) is 0 Å². The first-order chi connectivity index (χ1) is 8.54. The molecule has 2 aliphatic rings. The van der Waals surface area contributed by atoms with Gasteiger partial charge in [-0.05, 0) is 33.2 Å². The van der Waals surface area contributed by atoms with Crippen molar-refractivity contribution in [3.8, 4) is 0 Å². The molecule has 3 atom stereocenters. The first-order valence-electron chi connectivity index (χ1n) is 6.95. The van der Waals surface area contributed by atoms with Crippen LogP contribution in [0, 0.1) is 0 Å². The second-order valence-electron chi connectivity index (χ2n) is 5.69. The van der Waals surface area contributed by atoms with Crippen molar-refractivity contribution in [1.82, 2.24) is 9.80 Å². The molecule has 0 aromatic carbocycles. The highest BCUT2D eigenvalue weighted by Crippen LogP contribution is 2.13. The maximum Gasteiger partial charge on any atom is 0.236 e. The molecule has 0 aliphatic carbocycles. The number of likely N-dealkylation sites (tertiary alicyclic amines) is 1. The molecular formula is C13H25N3O2. The third kappa shape index (κ3) is 3.67. The fraction of sp³-hybridized carbons (Fsp3) is 0.923. The number of hydrogen-bond donors (Lipinski definition) is 1. The summed E-state index contributed by atoms with van der Waals surface area (Å²) in [6.45, 7) is 7.81. The Hall–Kier alpha value is -0.650. The lowest BCUT2D eigenvalue weighted by Crippen LogP contribution is -2.53. The summed E-state index contributed by atoms with van der Waals surface area (Å²) in [6.07, 6.45) is 2.46. The van der Waals surface area contributed by atoms with Crippen LogP contribution in [0.5, 0.6) is 0 Å². The van der Waals surface area contributed by atoms with Crippen molar-refractivity contribution in [2.24, 2.45) is 5.73 Å². The Labute approximate surface area is 109 Å². The summed E-state index contributed by atoms with van der Waals surface area (Å²) in [6, 6.07) is 0.231. The highest BCUT2D eigenvalue weighted by molar-refractivity contribution is 5.78. The highest BCUT2D eigenvalue weighted by atomic mass is 16.5. The van der Waals surface area contributed by atoms with Crippen LogP contribution >= 0.6 is 0 Å². The van der Waals surface area contributed by atoms with Gasteiger partial charge in [-0.25, -0.2) is 0 Å². The second kappa shape index (κ2) is 5.99. The minimum Gasteiger partial charge on any atom is -0.372 e. The standard InChI is InChI=1S/C13H25N3O2/c1-10-6-16(7-11(2)18-10)13(17)9-15-5-3-4-12(14)8-15/h10-12H,3-9,14H2,1-2H3. The Morgan fingerprint density at radius 3 is 2.56 bits per heavy atom. The van der Waals surface area contributed by atoms with Crippen LogP contribution in [0.15, 0.2) is 0 Å². The van der Waals surface area contributed by atoms with Crippen molar-refractivity contribution in [1.29, 1.82) is 0 Å². The van der Waals surface area contributed by atoms with E-state index in [0.717, 1.165) is 25.9 Å². The van der Waals surface area contributed by atoms with E-state index in [1.165, 1.54) is 0 Å². The molecule has 104 valence electrons. The van der Waals surface area contributed by atoms with E-state index in [4.69, 9.17) is 10.5 Å². The van der Waals surface area contributed by atoms with E-state index >= 15 is 0 Å². The zero-order chi connectivity index (χ0) is 13.1. The first-order valence-corrected chi connectivity index (χ1v) is 6.95. The molecule has 0 radical (unpaired) electrons. The van der Waals surface area contributed by atoms with Gasteiger partial charge >= 0.3 is 0 Å². The van der Waals surface area contributed by atoms with E-state index in [2.05, 4.69) is 4.90 Å². The van der Waals surface area contributed by atoms with Gasteiger partial charge in [0.05, 0.1) is 18.8 Å². The number of hydrogen-bond acceptors (Lipinski definition) is 4. The average Bonchev–Trinajstić information content (AvgIpc) is 2.27. The zero-order valence-electron chi connectivity index (χ0n) is 11.5. The Balaban J connectivity index is 1.83. The molecule has 2 N–H and O–H groups in total. The van der Waals surface area contributed by atoms with Crippen molar-refractivity contribution in [3.63, 3.8) is 0 Å². The van der Waals surface area contributed by atoms with Crippen LogP contribution in [0.1, 0.15) is 26.7 Å². The fourth-order valence-corrected chi connectivity index (χ4v) is 2.91. The second-order valence-corrected chi connectivity index (χ2v) is 5.69. The predicted octanol–water partition coefficient (Wildman–Crippen LogP) is 0.0453. The minimum atomic E-state index is 0.140. The number of piperidine rings is 1. The molecule has 0 saturated carbocycles. The average molecular weight is 255 g/mol. The van der Waals surface area contributed by atoms with Crippen LogP contribution in [0.25, 0.3) is 0 Å². The summed E-state index contributed by atoms with van der Waals surface area (Å²) in [5.41, 5.74) is 5.94. The third-order valence-electron chi connectivity index (χ3n) is 3.67. The van der Waals surface area contributed by atoms with Gasteiger partial charge in [-0.15, -0.1) is 0 Å². The Bertz CT molecular complexity index is 288. The van der Waals surface area contributed by atoms with Crippen molar-refractivity contribution >= 4 is 5.91 Å². The molecule has 2 rings (SSSR count). The molecule has 0 aromatic heterocycles. The molecule has 5 heteroatoms. The number of amides is 1. The van der Waals surface area contributed by atoms with Crippen LogP contribution in [-0.4, -0.2) is 66.7 Å². The number of ether oxygens (including phenoxy) is 1. The lowest BCUT2D eigenvalue weighted by Gasteiger charge is -2.37. The van der Waals surface area contributed by atoms with Crippen molar-refractivity contribution in [2.45, 2.75) is 44.9 Å². The van der Waals surface area contributed by atoms with Crippen LogP contribution in [-0.2, 0) is 9.53 Å². The van der Waals surface area contributed by atoms with Crippen LogP contribution in [0.4, 0.5) is 0 Å². The third-order valence-corrected chi connectivity index (χ3v) is 3.67. The van der Waals surface area contributed by atoms with Gasteiger partial charge < -0.3 is 15.4 Å². The maximum absolute atomic E-state index is 12.3. The van der Waals surface area contributed by atoms with Gasteiger partial charge in [0, 0.05) is 25.7 Å². The molecule has 5 nitrogen and oxygen atoms in total. The van der Waals surface area contributed by atoms with E-state index in [-0.39, 0.29) is 24.2 Å². The van der Waals surface area contributed by atoms with Crippen LogP contribution < -0.4 is 5.73 Å². The zero-order valence-corrected chi connectivity index (χ0v) is 11.5. The molecule has 2 fully saturated rings. The lowest BCUT2D eigenvalue weighted by molar-refractivity contribution is -0.144. The van der Waals surface area contributed by atoms with E-state index in [9.17, 15) is 4.79 Å². The smallest absolute Gasteiger partial charge is 0.236 e. The van der Waals surface area contributed by atoms with Crippen molar-refractivity contribution in [3.05, 3.63) is 0 Å². The normalized spacial score (nSPS) is 34.6. The summed E-state index contributed by atoms with van der Waals surface area (Å²) in [5.74, 6) is 0.214. The number of morpholine rings is 1. The summed E-state index contributed by atoms with van der Waals surface area (Å²) in [5, 5.41) is 0. The largest absolute Gasteiger partial charge is 0.372 e. The molecule has 2 aliphatic heterocycles. The number of carbonyl (C=O) groups excluding carboxylic acids is 1. The first kappa shape index (κ1) is 13.8. The molecule has 0 aromatic rings. The molecule has 2 heterocycles. The van der Waals surface area contributed by atoms with Crippen molar-refractivity contribution in [2.75, 3.05) is 32.7 Å². The SMILES string of the molecule is CC1CN(C(=O)CN2CCCC(N)C2)CC(C)O1. The highest BCUT2D eigenvalue weighted by Gasteiger charge is 2.27. The monoisotopic (exact) mass is 255 g/mol. The minimum absolute atomic E-state index is 0.140. The summed E-state index contributed by atoms with van der Waals surface area (Å²) >= 11 is 0. The Morgan fingerprint density at radius 2 is 1.94 bits per heavy atom. The van der Waals surface area contributed by atoms with Gasteiger partial charge in [0.15, 0.2) is 0 Å². The van der Waals surface area contributed by atoms with Gasteiger partial charge in [0.1, 0.15) is 0 Å².